The monoisotopic (exact) mass is 425 g/mol. The van der Waals surface area contributed by atoms with E-state index in [0.717, 1.165) is 30.8 Å². The fourth-order valence-corrected chi connectivity index (χ4v) is 3.42. The van der Waals surface area contributed by atoms with Crippen LogP contribution in [0, 0.1) is 5.41 Å². The Morgan fingerprint density at radius 3 is 2.00 bits per heavy atom. The van der Waals surface area contributed by atoms with Gasteiger partial charge in [0.1, 0.15) is 17.3 Å². The number of carbonyl (C=O) groups excluding carboxylic acids is 1. The molecule has 6 nitrogen and oxygen atoms in total. The molecular formula is C25H35N3O3. The minimum absolute atomic E-state index is 0.0314. The van der Waals surface area contributed by atoms with Gasteiger partial charge in [0.15, 0.2) is 0 Å². The molecule has 0 aliphatic rings. The lowest BCUT2D eigenvalue weighted by Crippen LogP contribution is -2.42. The topological polar surface area (TPSA) is 88.6 Å². The zero-order valence-corrected chi connectivity index (χ0v) is 19.1. The number of amidine groups is 1. The molecule has 168 valence electrons. The van der Waals surface area contributed by atoms with E-state index in [0.29, 0.717) is 24.3 Å². The van der Waals surface area contributed by atoms with Gasteiger partial charge in [-0.2, -0.15) is 0 Å². The quantitative estimate of drug-likeness (QED) is 0.289. The molecular weight excluding hydrogens is 390 g/mol. The molecule has 0 aromatic heterocycles. The number of rotatable bonds is 12. The molecule has 0 saturated heterocycles. The fourth-order valence-electron chi connectivity index (χ4n) is 3.42. The maximum Gasteiger partial charge on any atom is 0.254 e. The molecule has 2 rings (SSSR count). The molecule has 0 aliphatic heterocycles. The lowest BCUT2D eigenvalue weighted by Gasteiger charge is -2.31. The summed E-state index contributed by atoms with van der Waals surface area (Å²) in [5, 5.41) is 7.39. The van der Waals surface area contributed by atoms with E-state index in [2.05, 4.69) is 0 Å². The van der Waals surface area contributed by atoms with Crippen molar-refractivity contribution < 1.29 is 14.3 Å². The van der Waals surface area contributed by atoms with E-state index in [-0.39, 0.29) is 23.8 Å². The van der Waals surface area contributed by atoms with E-state index < -0.39 is 0 Å². The average molecular weight is 426 g/mol. The Bertz CT molecular complexity index is 839. The van der Waals surface area contributed by atoms with Gasteiger partial charge in [0.25, 0.3) is 5.91 Å². The normalized spacial score (nSPS) is 10.9. The van der Waals surface area contributed by atoms with Gasteiger partial charge >= 0.3 is 0 Å². The summed E-state index contributed by atoms with van der Waals surface area (Å²) in [5.74, 6) is 1.59. The van der Waals surface area contributed by atoms with Crippen molar-refractivity contribution in [1.82, 2.24) is 4.90 Å². The summed E-state index contributed by atoms with van der Waals surface area (Å²) in [6.45, 7) is 9.35. The Morgan fingerprint density at radius 2 is 1.45 bits per heavy atom. The van der Waals surface area contributed by atoms with Crippen LogP contribution in [0.2, 0.25) is 0 Å². The summed E-state index contributed by atoms with van der Waals surface area (Å²) in [6.07, 6.45) is 2.82. The van der Waals surface area contributed by atoms with Gasteiger partial charge in [0.05, 0.1) is 13.2 Å². The molecule has 2 aromatic carbocycles. The van der Waals surface area contributed by atoms with Gasteiger partial charge in [0, 0.05) is 23.2 Å². The molecule has 0 heterocycles. The number of carbonyl (C=O) groups is 1. The first-order chi connectivity index (χ1) is 14.8. The van der Waals surface area contributed by atoms with Crippen LogP contribution in [0.5, 0.6) is 11.5 Å². The third kappa shape index (κ3) is 7.63. The molecule has 0 unspecified atom stereocenters. The minimum atomic E-state index is 0.0314. The first-order valence-electron chi connectivity index (χ1n) is 10.9. The van der Waals surface area contributed by atoms with Gasteiger partial charge in [-0.3, -0.25) is 10.2 Å². The van der Waals surface area contributed by atoms with Gasteiger partial charge in [-0.15, -0.1) is 0 Å². The smallest absolute Gasteiger partial charge is 0.254 e. The highest BCUT2D eigenvalue weighted by Crippen LogP contribution is 2.18. The molecule has 6 heteroatoms. The van der Waals surface area contributed by atoms with Crippen molar-refractivity contribution in [3.8, 4) is 11.5 Å². The molecule has 0 radical (unpaired) electrons. The van der Waals surface area contributed by atoms with Crippen LogP contribution in [0.1, 0.15) is 62.9 Å². The molecule has 0 spiro atoms. The summed E-state index contributed by atoms with van der Waals surface area (Å²) in [4.78, 5) is 14.7. The van der Waals surface area contributed by atoms with Crippen molar-refractivity contribution in [3.05, 3.63) is 59.7 Å². The van der Waals surface area contributed by atoms with Crippen LogP contribution in [0.4, 0.5) is 0 Å². The molecule has 31 heavy (non-hydrogen) atoms. The number of benzene rings is 2. The molecule has 0 aliphatic carbocycles. The van der Waals surface area contributed by atoms with Crippen molar-refractivity contribution in [2.75, 3.05) is 13.2 Å². The van der Waals surface area contributed by atoms with Gasteiger partial charge < -0.3 is 20.1 Å². The molecule has 0 atom stereocenters. The Morgan fingerprint density at radius 1 is 0.871 bits per heavy atom. The number of hydrogen-bond acceptors (Lipinski definition) is 4. The van der Waals surface area contributed by atoms with Gasteiger partial charge in [-0.25, -0.2) is 0 Å². The van der Waals surface area contributed by atoms with Crippen molar-refractivity contribution in [3.63, 3.8) is 0 Å². The van der Waals surface area contributed by atoms with Crippen LogP contribution >= 0.6 is 0 Å². The van der Waals surface area contributed by atoms with Crippen molar-refractivity contribution in [1.29, 1.82) is 5.41 Å². The maximum absolute atomic E-state index is 12.8. The Kier molecular flexibility index (Phi) is 9.38. The standard InChI is InChI=1S/C25H35N3O3/c1-18(2)28(19(3)4)25(29)21-9-8-10-23(17-21)31-16-7-5-6-15-30-22-13-11-20(12-14-22)24(26)27/h8-14,17-19H,5-7,15-16H2,1-4H3,(H3,26,27). The van der Waals surface area contributed by atoms with Crippen LogP contribution in [0.3, 0.4) is 0 Å². The number of ether oxygens (including phenoxy) is 2. The van der Waals surface area contributed by atoms with Gasteiger partial charge in [-0.05, 0) is 89.4 Å². The summed E-state index contributed by atoms with van der Waals surface area (Å²) in [5.41, 5.74) is 6.79. The number of hydrogen-bond donors (Lipinski definition) is 2. The van der Waals surface area contributed by atoms with Gasteiger partial charge in [0.2, 0.25) is 0 Å². The van der Waals surface area contributed by atoms with E-state index in [4.69, 9.17) is 20.6 Å². The lowest BCUT2D eigenvalue weighted by molar-refractivity contribution is 0.0643. The molecule has 0 bridgehead atoms. The predicted octanol–water partition coefficient (Wildman–Crippen LogP) is 4.86. The van der Waals surface area contributed by atoms with E-state index in [9.17, 15) is 4.79 Å². The highest BCUT2D eigenvalue weighted by Gasteiger charge is 2.21. The Labute approximate surface area is 185 Å². The van der Waals surface area contributed by atoms with Crippen molar-refractivity contribution >= 4 is 11.7 Å². The third-order valence-corrected chi connectivity index (χ3v) is 4.92. The molecule has 2 aromatic rings. The highest BCUT2D eigenvalue weighted by molar-refractivity contribution is 5.95. The summed E-state index contributed by atoms with van der Waals surface area (Å²) in [6, 6.07) is 14.9. The fraction of sp³-hybridized carbons (Fsp3) is 0.440. The van der Waals surface area contributed by atoms with Crippen LogP contribution in [-0.4, -0.2) is 41.9 Å². The molecule has 0 saturated carbocycles. The van der Waals surface area contributed by atoms with Crippen molar-refractivity contribution in [2.24, 2.45) is 5.73 Å². The number of nitrogen functional groups attached to an aromatic ring is 1. The number of nitrogens with one attached hydrogen (secondary N) is 1. The highest BCUT2D eigenvalue weighted by atomic mass is 16.5. The van der Waals surface area contributed by atoms with E-state index >= 15 is 0 Å². The Hall–Kier alpha value is -3.02. The van der Waals surface area contributed by atoms with Crippen molar-refractivity contribution in [2.45, 2.75) is 59.0 Å². The predicted molar refractivity (Wildman–Crippen MR) is 125 cm³/mol. The molecule has 3 N–H and O–H groups in total. The second kappa shape index (κ2) is 12.0. The largest absolute Gasteiger partial charge is 0.494 e. The molecule has 1 amide bonds. The minimum Gasteiger partial charge on any atom is -0.494 e. The van der Waals surface area contributed by atoms with Crippen LogP contribution < -0.4 is 15.2 Å². The number of amides is 1. The lowest BCUT2D eigenvalue weighted by atomic mass is 10.1. The van der Waals surface area contributed by atoms with Gasteiger partial charge in [-0.1, -0.05) is 6.07 Å². The van der Waals surface area contributed by atoms with E-state index in [1.165, 1.54) is 0 Å². The van der Waals surface area contributed by atoms with E-state index in [1.54, 1.807) is 12.1 Å². The maximum atomic E-state index is 12.8. The first-order valence-corrected chi connectivity index (χ1v) is 10.9. The van der Waals surface area contributed by atoms with Crippen LogP contribution in [-0.2, 0) is 0 Å². The number of nitrogens with two attached hydrogens (primary N) is 1. The number of unbranched alkanes of at least 4 members (excludes halogenated alkanes) is 2. The summed E-state index contributed by atoms with van der Waals surface area (Å²) >= 11 is 0. The van der Waals surface area contributed by atoms with E-state index in [1.807, 2.05) is 69.0 Å². The summed E-state index contributed by atoms with van der Waals surface area (Å²) in [7, 11) is 0. The van der Waals surface area contributed by atoms with Crippen LogP contribution in [0.15, 0.2) is 48.5 Å². The summed E-state index contributed by atoms with van der Waals surface area (Å²) < 4.78 is 11.6. The first kappa shape index (κ1) is 24.3. The number of nitrogens with zero attached hydrogens (tertiary/aromatic N) is 1. The van der Waals surface area contributed by atoms with Crippen LogP contribution in [0.25, 0.3) is 0 Å². The average Bonchev–Trinajstić information content (AvgIpc) is 2.73. The zero-order chi connectivity index (χ0) is 22.8. The Balaban J connectivity index is 1.71. The SMILES string of the molecule is CC(C)N(C(=O)c1cccc(OCCCCCOc2ccc(C(=N)N)cc2)c1)C(C)C. The molecule has 0 fully saturated rings. The third-order valence-electron chi connectivity index (χ3n) is 4.92. The second-order valence-corrected chi connectivity index (χ2v) is 8.12. The second-order valence-electron chi connectivity index (χ2n) is 8.12. The zero-order valence-electron chi connectivity index (χ0n) is 19.1.